The minimum atomic E-state index is -0.758. The fourth-order valence-corrected chi connectivity index (χ4v) is 2.87. The van der Waals surface area contributed by atoms with Gasteiger partial charge in [0, 0.05) is 20.1 Å². The molecular formula is C19H23N3O4. The topological polar surface area (TPSA) is 83.8 Å². The number of hydrogen-bond acceptors (Lipinski definition) is 5. The minimum Gasteiger partial charge on any atom is -0.467 e. The third-order valence-electron chi connectivity index (χ3n) is 4.32. The lowest BCUT2D eigenvalue weighted by atomic mass is 10.1. The lowest BCUT2D eigenvalue weighted by Gasteiger charge is -2.25. The summed E-state index contributed by atoms with van der Waals surface area (Å²) >= 11 is 0. The second-order valence-corrected chi connectivity index (χ2v) is 6.12. The molecular weight excluding hydrogens is 334 g/mol. The summed E-state index contributed by atoms with van der Waals surface area (Å²) in [4.78, 5) is 27.0. The van der Waals surface area contributed by atoms with E-state index in [2.05, 4.69) is 15.5 Å². The molecule has 2 N–H and O–H groups in total. The second-order valence-electron chi connectivity index (χ2n) is 6.12. The molecule has 1 unspecified atom stereocenters. The SMILES string of the molecule is CNC(=O)C(NC(=O)c1coc(CN2CCOCC2)c1)c1ccccc1. The molecule has 0 saturated carbocycles. The summed E-state index contributed by atoms with van der Waals surface area (Å²) in [5, 5.41) is 5.36. The van der Waals surface area contributed by atoms with Gasteiger partial charge in [-0.1, -0.05) is 30.3 Å². The average Bonchev–Trinajstić information content (AvgIpc) is 3.15. The van der Waals surface area contributed by atoms with E-state index in [-0.39, 0.29) is 11.8 Å². The van der Waals surface area contributed by atoms with Gasteiger partial charge >= 0.3 is 0 Å². The Labute approximate surface area is 152 Å². The van der Waals surface area contributed by atoms with Crippen LogP contribution in [0.2, 0.25) is 0 Å². The van der Waals surface area contributed by atoms with Gasteiger partial charge in [0.25, 0.3) is 5.91 Å². The Morgan fingerprint density at radius 1 is 1.19 bits per heavy atom. The number of benzene rings is 1. The Morgan fingerprint density at radius 2 is 1.92 bits per heavy atom. The molecule has 1 aliphatic heterocycles. The third-order valence-corrected chi connectivity index (χ3v) is 4.32. The van der Waals surface area contributed by atoms with E-state index in [0.717, 1.165) is 18.7 Å². The third kappa shape index (κ3) is 4.50. The number of hydrogen-bond donors (Lipinski definition) is 2. The second kappa shape index (κ2) is 8.64. The highest BCUT2D eigenvalue weighted by Gasteiger charge is 2.23. The van der Waals surface area contributed by atoms with Gasteiger partial charge in [0.1, 0.15) is 18.1 Å². The molecule has 2 amide bonds. The molecule has 1 aromatic carbocycles. The number of nitrogens with one attached hydrogen (secondary N) is 2. The van der Waals surface area contributed by atoms with E-state index in [1.807, 2.05) is 18.2 Å². The predicted octanol–water partition coefficient (Wildman–Crippen LogP) is 1.33. The summed E-state index contributed by atoms with van der Waals surface area (Å²) in [5.74, 6) is 0.0919. The number of carbonyl (C=O) groups is 2. The van der Waals surface area contributed by atoms with Gasteiger partial charge in [0.2, 0.25) is 5.91 Å². The van der Waals surface area contributed by atoms with Gasteiger partial charge in [-0.15, -0.1) is 0 Å². The molecule has 7 nitrogen and oxygen atoms in total. The van der Waals surface area contributed by atoms with Gasteiger partial charge in [-0.05, 0) is 11.6 Å². The zero-order valence-corrected chi connectivity index (χ0v) is 14.7. The highest BCUT2D eigenvalue weighted by molar-refractivity contribution is 5.97. The summed E-state index contributed by atoms with van der Waals surface area (Å²) in [5.41, 5.74) is 1.12. The summed E-state index contributed by atoms with van der Waals surface area (Å²) in [7, 11) is 1.54. The van der Waals surface area contributed by atoms with Crippen molar-refractivity contribution in [3.8, 4) is 0 Å². The van der Waals surface area contributed by atoms with Crippen molar-refractivity contribution >= 4 is 11.8 Å². The zero-order chi connectivity index (χ0) is 18.4. The molecule has 2 heterocycles. The number of morpholine rings is 1. The molecule has 1 aliphatic rings. The van der Waals surface area contributed by atoms with Gasteiger partial charge in [-0.2, -0.15) is 0 Å². The summed E-state index contributed by atoms with van der Waals surface area (Å²) in [6, 6.07) is 10.1. The van der Waals surface area contributed by atoms with Crippen LogP contribution in [0.3, 0.4) is 0 Å². The van der Waals surface area contributed by atoms with E-state index in [1.165, 1.54) is 6.26 Å². The predicted molar refractivity (Wildman–Crippen MR) is 95.5 cm³/mol. The Morgan fingerprint density at radius 3 is 2.62 bits per heavy atom. The first-order valence-corrected chi connectivity index (χ1v) is 8.62. The van der Waals surface area contributed by atoms with Gasteiger partial charge in [0.05, 0.1) is 25.3 Å². The van der Waals surface area contributed by atoms with Crippen LogP contribution in [-0.2, 0) is 16.1 Å². The highest BCUT2D eigenvalue weighted by Crippen LogP contribution is 2.16. The maximum atomic E-state index is 12.6. The molecule has 1 saturated heterocycles. The van der Waals surface area contributed by atoms with Crippen LogP contribution in [0.15, 0.2) is 47.1 Å². The van der Waals surface area contributed by atoms with Crippen LogP contribution in [0.4, 0.5) is 0 Å². The fraction of sp³-hybridized carbons (Fsp3) is 0.368. The molecule has 1 fully saturated rings. The van der Waals surface area contributed by atoms with Crippen LogP contribution >= 0.6 is 0 Å². The number of rotatable bonds is 6. The van der Waals surface area contributed by atoms with Crippen molar-refractivity contribution in [2.24, 2.45) is 0 Å². The summed E-state index contributed by atoms with van der Waals surface area (Å²) in [6.45, 7) is 3.73. The molecule has 2 aromatic rings. The molecule has 7 heteroatoms. The average molecular weight is 357 g/mol. The Kier molecular flexibility index (Phi) is 6.04. The molecule has 0 radical (unpaired) electrons. The first kappa shape index (κ1) is 18.2. The molecule has 0 aliphatic carbocycles. The smallest absolute Gasteiger partial charge is 0.255 e. The molecule has 1 atom stereocenters. The Hall–Kier alpha value is -2.64. The van der Waals surface area contributed by atoms with Crippen molar-refractivity contribution in [2.45, 2.75) is 12.6 Å². The van der Waals surface area contributed by atoms with Crippen LogP contribution < -0.4 is 10.6 Å². The maximum Gasteiger partial charge on any atom is 0.255 e. The first-order valence-electron chi connectivity index (χ1n) is 8.62. The van der Waals surface area contributed by atoms with Crippen LogP contribution in [0.25, 0.3) is 0 Å². The lowest BCUT2D eigenvalue weighted by Crippen LogP contribution is -2.39. The highest BCUT2D eigenvalue weighted by atomic mass is 16.5. The minimum absolute atomic E-state index is 0.276. The van der Waals surface area contributed by atoms with Crippen molar-refractivity contribution in [1.29, 1.82) is 0 Å². The van der Waals surface area contributed by atoms with Crippen molar-refractivity contribution in [3.05, 3.63) is 59.5 Å². The fourth-order valence-electron chi connectivity index (χ4n) is 2.87. The van der Waals surface area contributed by atoms with Crippen LogP contribution in [0, 0.1) is 0 Å². The molecule has 0 spiro atoms. The summed E-state index contributed by atoms with van der Waals surface area (Å²) in [6.07, 6.45) is 1.43. The van der Waals surface area contributed by atoms with E-state index in [0.29, 0.717) is 31.1 Å². The monoisotopic (exact) mass is 357 g/mol. The number of ether oxygens (including phenoxy) is 1. The van der Waals surface area contributed by atoms with Crippen molar-refractivity contribution in [2.75, 3.05) is 33.4 Å². The normalized spacial score (nSPS) is 16.0. The van der Waals surface area contributed by atoms with Crippen LogP contribution in [-0.4, -0.2) is 50.1 Å². The van der Waals surface area contributed by atoms with Gasteiger partial charge in [0.15, 0.2) is 0 Å². The molecule has 26 heavy (non-hydrogen) atoms. The number of carbonyl (C=O) groups excluding carboxylic acids is 2. The lowest BCUT2D eigenvalue weighted by molar-refractivity contribution is -0.122. The van der Waals surface area contributed by atoms with E-state index < -0.39 is 6.04 Å². The van der Waals surface area contributed by atoms with E-state index in [9.17, 15) is 9.59 Å². The van der Waals surface area contributed by atoms with Crippen molar-refractivity contribution < 1.29 is 18.7 Å². The largest absolute Gasteiger partial charge is 0.467 e. The van der Waals surface area contributed by atoms with Crippen LogP contribution in [0.5, 0.6) is 0 Å². The Balaban J connectivity index is 1.67. The number of furan rings is 1. The maximum absolute atomic E-state index is 12.6. The van der Waals surface area contributed by atoms with E-state index in [1.54, 1.807) is 25.2 Å². The van der Waals surface area contributed by atoms with E-state index in [4.69, 9.17) is 9.15 Å². The van der Waals surface area contributed by atoms with Crippen molar-refractivity contribution in [1.82, 2.24) is 15.5 Å². The first-order chi connectivity index (χ1) is 12.7. The standard InChI is InChI=1S/C19H23N3O4/c1-20-19(24)17(14-5-3-2-4-6-14)21-18(23)15-11-16(26-13-15)12-22-7-9-25-10-8-22/h2-6,11,13,17H,7-10,12H2,1H3,(H,20,24)(H,21,23). The number of nitrogens with zero attached hydrogens (tertiary/aromatic N) is 1. The van der Waals surface area contributed by atoms with Gasteiger partial charge < -0.3 is 19.8 Å². The van der Waals surface area contributed by atoms with Crippen LogP contribution in [0.1, 0.15) is 27.7 Å². The van der Waals surface area contributed by atoms with Gasteiger partial charge in [-0.25, -0.2) is 0 Å². The Bertz CT molecular complexity index is 738. The molecule has 138 valence electrons. The molecule has 1 aromatic heterocycles. The number of likely N-dealkylation sites (N-methyl/N-ethyl adjacent to an activating group) is 1. The molecule has 0 bridgehead atoms. The molecule has 3 rings (SSSR count). The summed E-state index contributed by atoms with van der Waals surface area (Å²) < 4.78 is 10.8. The van der Waals surface area contributed by atoms with Crippen molar-refractivity contribution in [3.63, 3.8) is 0 Å². The zero-order valence-electron chi connectivity index (χ0n) is 14.7. The van der Waals surface area contributed by atoms with E-state index >= 15 is 0 Å². The van der Waals surface area contributed by atoms with Gasteiger partial charge in [-0.3, -0.25) is 14.5 Å². The quantitative estimate of drug-likeness (QED) is 0.815. The number of amides is 2.